The number of rotatable bonds is 3. The number of benzene rings is 1. The van der Waals surface area contributed by atoms with E-state index < -0.39 is 0 Å². The monoisotopic (exact) mass is 354 g/mol. The molecule has 0 aromatic heterocycles. The SMILES string of the molecule is CNCC1CCN(C(=O)c2cc(Br)c3c(c2)OCO3)CC1. The van der Waals surface area contributed by atoms with Gasteiger partial charge in [-0.25, -0.2) is 0 Å². The van der Waals surface area contributed by atoms with Crippen molar-refractivity contribution >= 4 is 21.8 Å². The smallest absolute Gasteiger partial charge is 0.254 e. The van der Waals surface area contributed by atoms with E-state index in [1.54, 1.807) is 6.07 Å². The van der Waals surface area contributed by atoms with Gasteiger partial charge in [0.1, 0.15) is 0 Å². The fourth-order valence-electron chi connectivity index (χ4n) is 2.90. The average molecular weight is 355 g/mol. The Balaban J connectivity index is 1.70. The van der Waals surface area contributed by atoms with Crippen molar-refractivity contribution in [3.05, 3.63) is 22.2 Å². The van der Waals surface area contributed by atoms with Crippen molar-refractivity contribution in [3.63, 3.8) is 0 Å². The number of likely N-dealkylation sites (tertiary alicyclic amines) is 1. The van der Waals surface area contributed by atoms with Crippen LogP contribution < -0.4 is 14.8 Å². The van der Waals surface area contributed by atoms with E-state index in [2.05, 4.69) is 21.2 Å². The molecule has 3 rings (SSSR count). The number of ether oxygens (including phenoxy) is 2. The summed E-state index contributed by atoms with van der Waals surface area (Å²) in [4.78, 5) is 14.5. The fraction of sp³-hybridized carbons (Fsp3) is 0.533. The van der Waals surface area contributed by atoms with Crippen LogP contribution in [0.2, 0.25) is 0 Å². The van der Waals surface area contributed by atoms with Crippen molar-refractivity contribution in [1.82, 2.24) is 10.2 Å². The first-order chi connectivity index (χ1) is 10.2. The van der Waals surface area contributed by atoms with Crippen LogP contribution in [0.5, 0.6) is 11.5 Å². The topological polar surface area (TPSA) is 50.8 Å². The van der Waals surface area contributed by atoms with E-state index in [0.29, 0.717) is 23.0 Å². The van der Waals surface area contributed by atoms with Crippen LogP contribution in [-0.2, 0) is 0 Å². The average Bonchev–Trinajstić information content (AvgIpc) is 2.97. The number of hydrogen-bond donors (Lipinski definition) is 1. The lowest BCUT2D eigenvalue weighted by Crippen LogP contribution is -2.40. The highest BCUT2D eigenvalue weighted by molar-refractivity contribution is 9.10. The van der Waals surface area contributed by atoms with Gasteiger partial charge in [-0.2, -0.15) is 0 Å². The summed E-state index contributed by atoms with van der Waals surface area (Å²) in [7, 11) is 1.97. The molecule has 1 amide bonds. The lowest BCUT2D eigenvalue weighted by Gasteiger charge is -2.32. The number of amides is 1. The van der Waals surface area contributed by atoms with Crippen molar-refractivity contribution < 1.29 is 14.3 Å². The van der Waals surface area contributed by atoms with Gasteiger partial charge in [-0.3, -0.25) is 4.79 Å². The molecule has 0 atom stereocenters. The number of halogens is 1. The molecule has 1 fully saturated rings. The number of fused-ring (bicyclic) bond motifs is 1. The Labute approximate surface area is 132 Å². The van der Waals surface area contributed by atoms with Gasteiger partial charge < -0.3 is 19.7 Å². The molecular weight excluding hydrogens is 336 g/mol. The Hall–Kier alpha value is -1.27. The summed E-state index contributed by atoms with van der Waals surface area (Å²) in [6.45, 7) is 2.87. The molecule has 2 aliphatic rings. The molecule has 0 spiro atoms. The normalized spacial score (nSPS) is 18.1. The summed E-state index contributed by atoms with van der Waals surface area (Å²) in [5, 5.41) is 3.21. The van der Waals surface area contributed by atoms with E-state index in [4.69, 9.17) is 9.47 Å². The first kappa shape index (κ1) is 14.7. The first-order valence-electron chi connectivity index (χ1n) is 7.22. The first-order valence-corrected chi connectivity index (χ1v) is 8.01. The van der Waals surface area contributed by atoms with Crippen molar-refractivity contribution in [2.45, 2.75) is 12.8 Å². The summed E-state index contributed by atoms with van der Waals surface area (Å²) < 4.78 is 11.5. The van der Waals surface area contributed by atoms with Crippen LogP contribution in [0.1, 0.15) is 23.2 Å². The van der Waals surface area contributed by atoms with Crippen molar-refractivity contribution in [3.8, 4) is 11.5 Å². The van der Waals surface area contributed by atoms with Crippen molar-refractivity contribution in [1.29, 1.82) is 0 Å². The maximum Gasteiger partial charge on any atom is 0.254 e. The Morgan fingerprint density at radius 1 is 1.38 bits per heavy atom. The molecule has 0 bridgehead atoms. The standard InChI is InChI=1S/C15H19BrN2O3/c1-17-8-10-2-4-18(5-3-10)15(19)11-6-12(16)14-13(7-11)20-9-21-14/h6-7,10,17H,2-5,8-9H2,1H3. The van der Waals surface area contributed by atoms with Gasteiger partial charge >= 0.3 is 0 Å². The third-order valence-corrected chi connectivity index (χ3v) is 4.66. The van der Waals surface area contributed by atoms with E-state index in [9.17, 15) is 4.79 Å². The van der Waals surface area contributed by atoms with Gasteiger partial charge in [0.25, 0.3) is 5.91 Å². The number of hydrogen-bond acceptors (Lipinski definition) is 4. The third-order valence-electron chi connectivity index (χ3n) is 4.07. The summed E-state index contributed by atoms with van der Waals surface area (Å²) in [6, 6.07) is 3.59. The zero-order valence-corrected chi connectivity index (χ0v) is 13.6. The van der Waals surface area contributed by atoms with Crippen LogP contribution in [0.15, 0.2) is 16.6 Å². The van der Waals surface area contributed by atoms with E-state index in [-0.39, 0.29) is 12.7 Å². The molecule has 1 saturated heterocycles. The number of nitrogens with one attached hydrogen (secondary N) is 1. The highest BCUT2D eigenvalue weighted by Gasteiger charge is 2.26. The predicted molar refractivity (Wildman–Crippen MR) is 82.8 cm³/mol. The van der Waals surface area contributed by atoms with E-state index >= 15 is 0 Å². The van der Waals surface area contributed by atoms with Crippen LogP contribution in [0.25, 0.3) is 0 Å². The molecule has 1 aromatic rings. The van der Waals surface area contributed by atoms with Crippen LogP contribution in [0.4, 0.5) is 0 Å². The lowest BCUT2D eigenvalue weighted by molar-refractivity contribution is 0.0690. The molecule has 114 valence electrons. The van der Waals surface area contributed by atoms with Gasteiger partial charge in [-0.05, 0) is 60.4 Å². The highest BCUT2D eigenvalue weighted by atomic mass is 79.9. The molecule has 0 aliphatic carbocycles. The number of nitrogens with zero attached hydrogens (tertiary/aromatic N) is 1. The molecule has 0 saturated carbocycles. The second kappa shape index (κ2) is 6.23. The Bertz CT molecular complexity index is 542. The van der Waals surface area contributed by atoms with Crippen LogP contribution >= 0.6 is 15.9 Å². The van der Waals surface area contributed by atoms with E-state index in [0.717, 1.165) is 36.9 Å². The number of carbonyl (C=O) groups excluding carboxylic acids is 1. The maximum atomic E-state index is 12.6. The Morgan fingerprint density at radius 3 is 2.86 bits per heavy atom. The zero-order valence-electron chi connectivity index (χ0n) is 12.0. The quantitative estimate of drug-likeness (QED) is 0.904. The predicted octanol–water partition coefficient (Wildman–Crippen LogP) is 2.25. The van der Waals surface area contributed by atoms with Gasteiger partial charge in [0, 0.05) is 18.7 Å². The second-order valence-electron chi connectivity index (χ2n) is 5.49. The van der Waals surface area contributed by atoms with Gasteiger partial charge in [0.15, 0.2) is 11.5 Å². The van der Waals surface area contributed by atoms with Crippen molar-refractivity contribution in [2.24, 2.45) is 5.92 Å². The Kier molecular flexibility index (Phi) is 4.35. The van der Waals surface area contributed by atoms with Gasteiger partial charge in [-0.1, -0.05) is 0 Å². The van der Waals surface area contributed by atoms with Crippen LogP contribution in [0, 0.1) is 5.92 Å². The maximum absolute atomic E-state index is 12.6. The highest BCUT2D eigenvalue weighted by Crippen LogP contribution is 2.40. The minimum atomic E-state index is 0.0666. The zero-order chi connectivity index (χ0) is 14.8. The van der Waals surface area contributed by atoms with Gasteiger partial charge in [0.2, 0.25) is 6.79 Å². The van der Waals surface area contributed by atoms with E-state index in [1.807, 2.05) is 18.0 Å². The molecule has 0 unspecified atom stereocenters. The third kappa shape index (κ3) is 3.01. The molecule has 2 aliphatic heterocycles. The molecule has 5 nitrogen and oxygen atoms in total. The molecule has 6 heteroatoms. The molecule has 2 heterocycles. The molecular formula is C15H19BrN2O3. The van der Waals surface area contributed by atoms with Gasteiger partial charge in [-0.15, -0.1) is 0 Å². The van der Waals surface area contributed by atoms with E-state index in [1.165, 1.54) is 0 Å². The fourth-order valence-corrected chi connectivity index (χ4v) is 3.46. The number of carbonyl (C=O) groups is 1. The summed E-state index contributed by atoms with van der Waals surface area (Å²) >= 11 is 3.44. The Morgan fingerprint density at radius 2 is 2.14 bits per heavy atom. The summed E-state index contributed by atoms with van der Waals surface area (Å²) in [5.74, 6) is 2.05. The van der Waals surface area contributed by atoms with Crippen molar-refractivity contribution in [2.75, 3.05) is 33.5 Å². The largest absolute Gasteiger partial charge is 0.454 e. The summed E-state index contributed by atoms with van der Waals surface area (Å²) in [6.07, 6.45) is 2.11. The number of piperidine rings is 1. The lowest BCUT2D eigenvalue weighted by atomic mass is 9.96. The second-order valence-corrected chi connectivity index (χ2v) is 6.34. The molecule has 21 heavy (non-hydrogen) atoms. The molecule has 1 N–H and O–H groups in total. The minimum absolute atomic E-state index is 0.0666. The molecule has 0 radical (unpaired) electrons. The minimum Gasteiger partial charge on any atom is -0.454 e. The van der Waals surface area contributed by atoms with Crippen LogP contribution in [-0.4, -0.2) is 44.3 Å². The van der Waals surface area contributed by atoms with Gasteiger partial charge in [0.05, 0.1) is 4.47 Å². The summed E-state index contributed by atoms with van der Waals surface area (Å²) in [5.41, 5.74) is 0.651. The van der Waals surface area contributed by atoms with Crippen LogP contribution in [0.3, 0.4) is 0 Å². The molecule has 1 aromatic carbocycles.